The quantitative estimate of drug-likeness (QED) is 0.494. The highest BCUT2D eigenvalue weighted by Crippen LogP contribution is 2.39. The number of rotatable bonds is 4. The Morgan fingerprint density at radius 1 is 1.00 bits per heavy atom. The van der Waals surface area contributed by atoms with Crippen molar-refractivity contribution in [1.82, 2.24) is 0 Å². The van der Waals surface area contributed by atoms with E-state index in [2.05, 4.69) is 5.32 Å². The van der Waals surface area contributed by atoms with Gasteiger partial charge in [-0.15, -0.1) is 0 Å². The predicted molar refractivity (Wildman–Crippen MR) is 113 cm³/mol. The second kappa shape index (κ2) is 7.75. The number of benzene rings is 3. The first-order valence-electron chi connectivity index (χ1n) is 9.53. The summed E-state index contributed by atoms with van der Waals surface area (Å²) in [5.41, 5.74) is 3.46. The lowest BCUT2D eigenvalue weighted by molar-refractivity contribution is -0.384. The minimum atomic E-state index is -0.408. The Balaban J connectivity index is 1.64. The molecule has 6 nitrogen and oxygen atoms in total. The summed E-state index contributed by atoms with van der Waals surface area (Å²) in [6.07, 6.45) is 0.729. The van der Waals surface area contributed by atoms with E-state index in [9.17, 15) is 14.9 Å². The van der Waals surface area contributed by atoms with Crippen LogP contribution in [-0.2, 0) is 0 Å². The minimum absolute atomic E-state index is 0.00230. The highest BCUT2D eigenvalue weighted by Gasteiger charge is 2.34. The van der Waals surface area contributed by atoms with Crippen LogP contribution in [-0.4, -0.2) is 16.9 Å². The second-order valence-corrected chi connectivity index (χ2v) is 7.19. The van der Waals surface area contributed by atoms with Crippen LogP contribution in [0.2, 0.25) is 0 Å². The van der Waals surface area contributed by atoms with Gasteiger partial charge in [0.05, 0.1) is 11.0 Å². The Hall–Kier alpha value is -3.67. The zero-order valence-corrected chi connectivity index (χ0v) is 16.0. The van der Waals surface area contributed by atoms with Crippen LogP contribution in [0.3, 0.4) is 0 Å². The number of nitrogens with zero attached hydrogens (tertiary/aromatic N) is 2. The number of nitro benzene ring substituents is 1. The molecule has 1 aliphatic rings. The van der Waals surface area contributed by atoms with Gasteiger partial charge in [0.1, 0.15) is 0 Å². The molecule has 0 radical (unpaired) electrons. The first-order chi connectivity index (χ1) is 14.0. The number of carbonyl (C=O) groups excluding carboxylic acids is 1. The van der Waals surface area contributed by atoms with Crippen molar-refractivity contribution in [2.75, 3.05) is 10.2 Å². The van der Waals surface area contributed by atoms with Crippen molar-refractivity contribution >= 4 is 23.0 Å². The smallest absolute Gasteiger partial charge is 0.269 e. The van der Waals surface area contributed by atoms with Gasteiger partial charge in [-0.05, 0) is 49.2 Å². The van der Waals surface area contributed by atoms with Crippen LogP contribution in [0.1, 0.15) is 35.3 Å². The van der Waals surface area contributed by atoms with Crippen LogP contribution in [0.15, 0.2) is 78.9 Å². The molecule has 29 heavy (non-hydrogen) atoms. The number of para-hydroxylation sites is 1. The maximum Gasteiger partial charge on any atom is 0.269 e. The van der Waals surface area contributed by atoms with Crippen molar-refractivity contribution in [1.29, 1.82) is 0 Å². The fourth-order valence-electron chi connectivity index (χ4n) is 3.86. The molecule has 1 N–H and O–H groups in total. The van der Waals surface area contributed by atoms with Gasteiger partial charge in [-0.3, -0.25) is 14.9 Å². The largest absolute Gasteiger partial charge is 0.378 e. The zero-order valence-electron chi connectivity index (χ0n) is 16.0. The lowest BCUT2D eigenvalue weighted by Crippen LogP contribution is -2.44. The lowest BCUT2D eigenvalue weighted by Gasteiger charge is -2.40. The molecule has 1 amide bonds. The summed E-state index contributed by atoms with van der Waals surface area (Å²) in [5.74, 6) is -0.0145. The van der Waals surface area contributed by atoms with Crippen LogP contribution < -0.4 is 10.2 Å². The number of non-ortho nitro benzene ring substituents is 1. The average molecular weight is 387 g/mol. The molecule has 0 bridgehead atoms. The average Bonchev–Trinajstić information content (AvgIpc) is 2.74. The van der Waals surface area contributed by atoms with E-state index in [4.69, 9.17) is 0 Å². The van der Waals surface area contributed by atoms with Crippen molar-refractivity contribution in [3.05, 3.63) is 100 Å². The first-order valence-corrected chi connectivity index (χ1v) is 9.53. The van der Waals surface area contributed by atoms with Gasteiger partial charge in [-0.25, -0.2) is 0 Å². The molecular formula is C23H21N3O3. The number of nitro groups is 1. The molecular weight excluding hydrogens is 366 g/mol. The monoisotopic (exact) mass is 387 g/mol. The molecule has 0 fully saturated rings. The van der Waals surface area contributed by atoms with Crippen molar-refractivity contribution in [2.45, 2.75) is 25.4 Å². The van der Waals surface area contributed by atoms with Crippen molar-refractivity contribution in [3.8, 4) is 0 Å². The SMILES string of the molecule is C[C@@H]1C[C@H](Nc2ccc([N+](=O)[O-])cc2)c2ccccc2N1C(=O)c1ccccc1. The molecule has 0 aromatic heterocycles. The number of hydrogen-bond donors (Lipinski definition) is 1. The Bertz CT molecular complexity index is 1030. The maximum absolute atomic E-state index is 13.2. The molecule has 0 saturated heterocycles. The third-order valence-corrected chi connectivity index (χ3v) is 5.25. The summed E-state index contributed by atoms with van der Waals surface area (Å²) in [7, 11) is 0. The third kappa shape index (κ3) is 3.69. The van der Waals surface area contributed by atoms with E-state index in [1.165, 1.54) is 12.1 Å². The van der Waals surface area contributed by atoms with Crippen LogP contribution in [0.4, 0.5) is 17.1 Å². The molecule has 0 unspecified atom stereocenters. The lowest BCUT2D eigenvalue weighted by atomic mass is 9.90. The normalized spacial score (nSPS) is 18.0. The van der Waals surface area contributed by atoms with Crippen LogP contribution in [0.25, 0.3) is 0 Å². The molecule has 2 atom stereocenters. The Morgan fingerprint density at radius 3 is 2.34 bits per heavy atom. The molecule has 3 aromatic carbocycles. The van der Waals surface area contributed by atoms with Gasteiger partial charge < -0.3 is 10.2 Å². The third-order valence-electron chi connectivity index (χ3n) is 5.25. The Morgan fingerprint density at radius 2 is 1.66 bits per heavy atom. The van der Waals surface area contributed by atoms with E-state index >= 15 is 0 Å². The van der Waals surface area contributed by atoms with Crippen LogP contribution >= 0.6 is 0 Å². The van der Waals surface area contributed by atoms with Gasteiger partial charge in [0.2, 0.25) is 0 Å². The molecule has 4 rings (SSSR count). The van der Waals surface area contributed by atoms with Crippen molar-refractivity contribution in [3.63, 3.8) is 0 Å². The van der Waals surface area contributed by atoms with Crippen molar-refractivity contribution < 1.29 is 9.72 Å². The number of amides is 1. The summed E-state index contributed by atoms with van der Waals surface area (Å²) in [5, 5.41) is 14.3. The predicted octanol–water partition coefficient (Wildman–Crippen LogP) is 5.19. The van der Waals surface area contributed by atoms with E-state index in [1.807, 2.05) is 66.4 Å². The molecule has 6 heteroatoms. The fraction of sp³-hybridized carbons (Fsp3) is 0.174. The van der Waals surface area contributed by atoms with Gasteiger partial charge >= 0.3 is 0 Å². The van der Waals surface area contributed by atoms with Gasteiger partial charge in [-0.1, -0.05) is 36.4 Å². The van der Waals surface area contributed by atoms with Gasteiger partial charge in [-0.2, -0.15) is 0 Å². The Labute approximate surface area is 168 Å². The number of nitrogens with one attached hydrogen (secondary N) is 1. The summed E-state index contributed by atoms with van der Waals surface area (Å²) in [4.78, 5) is 25.5. The molecule has 0 aliphatic carbocycles. The maximum atomic E-state index is 13.2. The molecule has 3 aromatic rings. The summed E-state index contributed by atoms with van der Waals surface area (Å²) < 4.78 is 0. The minimum Gasteiger partial charge on any atom is -0.378 e. The first kappa shape index (κ1) is 18.7. The van der Waals surface area contributed by atoms with E-state index in [0.717, 1.165) is 23.4 Å². The highest BCUT2D eigenvalue weighted by molar-refractivity contribution is 6.07. The number of anilines is 2. The molecule has 146 valence electrons. The molecule has 1 heterocycles. The zero-order chi connectivity index (χ0) is 20.4. The fourth-order valence-corrected chi connectivity index (χ4v) is 3.86. The Kier molecular flexibility index (Phi) is 4.99. The molecule has 0 spiro atoms. The number of fused-ring (bicyclic) bond motifs is 1. The topological polar surface area (TPSA) is 75.5 Å². The van der Waals surface area contributed by atoms with Crippen LogP contribution in [0, 0.1) is 10.1 Å². The summed E-state index contributed by atoms with van der Waals surface area (Å²) >= 11 is 0. The highest BCUT2D eigenvalue weighted by atomic mass is 16.6. The standard InChI is InChI=1S/C23H21N3O3/c1-16-15-21(24-18-11-13-19(14-12-18)26(28)29)20-9-5-6-10-22(20)25(16)23(27)17-7-3-2-4-8-17/h2-14,16,21,24H,15H2,1H3/t16-,21+/m1/s1. The van der Waals surface area contributed by atoms with E-state index < -0.39 is 4.92 Å². The van der Waals surface area contributed by atoms with E-state index in [1.54, 1.807) is 12.1 Å². The number of carbonyl (C=O) groups is 1. The van der Waals surface area contributed by atoms with Crippen LogP contribution in [0.5, 0.6) is 0 Å². The van der Waals surface area contributed by atoms with Gasteiger partial charge in [0, 0.05) is 35.1 Å². The molecule has 0 saturated carbocycles. The number of hydrogen-bond acceptors (Lipinski definition) is 4. The van der Waals surface area contributed by atoms with E-state index in [0.29, 0.717) is 5.56 Å². The molecule has 1 aliphatic heterocycles. The van der Waals surface area contributed by atoms with E-state index in [-0.39, 0.29) is 23.7 Å². The van der Waals surface area contributed by atoms with Gasteiger partial charge in [0.15, 0.2) is 0 Å². The van der Waals surface area contributed by atoms with Crippen molar-refractivity contribution in [2.24, 2.45) is 0 Å². The van der Waals surface area contributed by atoms with Gasteiger partial charge in [0.25, 0.3) is 11.6 Å². The second-order valence-electron chi connectivity index (χ2n) is 7.19. The summed E-state index contributed by atoms with van der Waals surface area (Å²) in [6.45, 7) is 2.04. The summed E-state index contributed by atoms with van der Waals surface area (Å²) in [6, 6.07) is 23.6.